The van der Waals surface area contributed by atoms with Crippen molar-refractivity contribution in [3.8, 4) is 0 Å². The number of carboxylic acid groups (broad SMARTS) is 1. The molecule has 0 bridgehead atoms. The third-order valence-electron chi connectivity index (χ3n) is 3.74. The van der Waals surface area contributed by atoms with Gasteiger partial charge in [0.05, 0.1) is 11.4 Å². The summed E-state index contributed by atoms with van der Waals surface area (Å²) in [5.41, 5.74) is 9.94. The van der Waals surface area contributed by atoms with Gasteiger partial charge in [-0.05, 0) is 36.8 Å². The monoisotopic (exact) mass is 295 g/mol. The van der Waals surface area contributed by atoms with E-state index in [1.807, 2.05) is 31.2 Å². The maximum absolute atomic E-state index is 11.5. The van der Waals surface area contributed by atoms with E-state index in [-0.39, 0.29) is 0 Å². The van der Waals surface area contributed by atoms with Gasteiger partial charge in [-0.1, -0.05) is 29.8 Å². The Morgan fingerprint density at radius 3 is 2.41 bits per heavy atom. The van der Waals surface area contributed by atoms with Gasteiger partial charge in [0, 0.05) is 12.1 Å². The molecule has 3 rings (SSSR count). The predicted molar refractivity (Wildman–Crippen MR) is 87.1 cm³/mol. The van der Waals surface area contributed by atoms with Gasteiger partial charge in [-0.15, -0.1) is 0 Å². The molecule has 5 heteroatoms. The van der Waals surface area contributed by atoms with Crippen LogP contribution in [0.2, 0.25) is 0 Å². The Bertz CT molecular complexity index is 721. The molecule has 22 heavy (non-hydrogen) atoms. The van der Waals surface area contributed by atoms with E-state index < -0.39 is 12.0 Å². The van der Waals surface area contributed by atoms with Crippen LogP contribution in [0.4, 0.5) is 11.4 Å². The number of hydrazone groups is 1. The highest BCUT2D eigenvalue weighted by Crippen LogP contribution is 2.27. The second kappa shape index (κ2) is 5.52. The van der Waals surface area contributed by atoms with E-state index in [4.69, 9.17) is 5.73 Å². The Kier molecular flexibility index (Phi) is 3.55. The number of benzene rings is 2. The zero-order valence-electron chi connectivity index (χ0n) is 12.2. The van der Waals surface area contributed by atoms with Gasteiger partial charge >= 0.3 is 5.97 Å². The lowest BCUT2D eigenvalue weighted by Gasteiger charge is -2.19. The summed E-state index contributed by atoms with van der Waals surface area (Å²) in [6.45, 7) is 2.01. The number of hydrogen-bond acceptors (Lipinski definition) is 4. The number of aliphatic carboxylic acids is 1. The van der Waals surface area contributed by atoms with Crippen LogP contribution < -0.4 is 10.7 Å². The molecule has 112 valence electrons. The Labute approximate surface area is 128 Å². The Hall–Kier alpha value is -2.82. The highest BCUT2D eigenvalue weighted by atomic mass is 16.4. The molecule has 1 aliphatic rings. The van der Waals surface area contributed by atoms with E-state index in [1.165, 1.54) is 0 Å². The van der Waals surface area contributed by atoms with Crippen LogP contribution in [0.5, 0.6) is 0 Å². The van der Waals surface area contributed by atoms with E-state index in [9.17, 15) is 9.90 Å². The zero-order chi connectivity index (χ0) is 15.7. The smallest absolute Gasteiger partial charge is 0.328 e. The molecular formula is C17H17N3O2. The first-order valence-electron chi connectivity index (χ1n) is 7.07. The lowest BCUT2D eigenvalue weighted by atomic mass is 10.0. The summed E-state index contributed by atoms with van der Waals surface area (Å²) < 4.78 is 0. The van der Waals surface area contributed by atoms with Crippen LogP contribution in [0.3, 0.4) is 0 Å². The molecule has 0 fully saturated rings. The molecule has 5 nitrogen and oxygen atoms in total. The minimum absolute atomic E-state index is 0.378. The van der Waals surface area contributed by atoms with Crippen molar-refractivity contribution in [2.75, 3.05) is 10.7 Å². The molecular weight excluding hydrogens is 278 g/mol. The summed E-state index contributed by atoms with van der Waals surface area (Å²) in [6.07, 6.45) is 0.378. The van der Waals surface area contributed by atoms with Gasteiger partial charge in [-0.25, -0.2) is 4.79 Å². The zero-order valence-corrected chi connectivity index (χ0v) is 12.2. The topological polar surface area (TPSA) is 78.9 Å². The third kappa shape index (κ3) is 2.65. The molecule has 1 unspecified atom stereocenters. The number of nitrogens with two attached hydrogens (primary N) is 1. The van der Waals surface area contributed by atoms with Gasteiger partial charge in [0.2, 0.25) is 0 Å². The molecule has 2 aromatic carbocycles. The molecule has 3 N–H and O–H groups in total. The average Bonchev–Trinajstić information content (AvgIpc) is 2.94. The molecule has 0 aromatic heterocycles. The lowest BCUT2D eigenvalue weighted by molar-refractivity contribution is -0.138. The minimum Gasteiger partial charge on any atom is -0.480 e. The van der Waals surface area contributed by atoms with Crippen LogP contribution in [-0.2, 0) is 4.79 Å². The standard InChI is InChI=1S/C17H17N3O2/c1-11-2-4-12(5-3-11)15-10-16(17(21)22)20(19-15)14-8-6-13(18)7-9-14/h2-9,16H,10,18H2,1H3,(H,21,22). The van der Waals surface area contributed by atoms with Crippen molar-refractivity contribution in [2.45, 2.75) is 19.4 Å². The molecule has 1 aliphatic heterocycles. The fourth-order valence-electron chi connectivity index (χ4n) is 2.49. The fraction of sp³-hybridized carbons (Fsp3) is 0.176. The minimum atomic E-state index is -0.886. The molecule has 1 atom stereocenters. The molecule has 2 aromatic rings. The van der Waals surface area contributed by atoms with Crippen LogP contribution >= 0.6 is 0 Å². The van der Waals surface area contributed by atoms with Crippen molar-refractivity contribution in [1.82, 2.24) is 0 Å². The van der Waals surface area contributed by atoms with E-state index >= 15 is 0 Å². The van der Waals surface area contributed by atoms with E-state index in [0.29, 0.717) is 12.1 Å². The van der Waals surface area contributed by atoms with Crippen molar-refractivity contribution in [2.24, 2.45) is 5.10 Å². The third-order valence-corrected chi connectivity index (χ3v) is 3.74. The van der Waals surface area contributed by atoms with Crippen molar-refractivity contribution in [1.29, 1.82) is 0 Å². The number of anilines is 2. The number of hydrogen-bond donors (Lipinski definition) is 2. The summed E-state index contributed by atoms with van der Waals surface area (Å²) in [5, 5.41) is 15.5. The van der Waals surface area contributed by atoms with E-state index in [1.54, 1.807) is 29.3 Å². The second-order valence-electron chi connectivity index (χ2n) is 5.41. The number of nitrogens with zero attached hydrogens (tertiary/aromatic N) is 2. The van der Waals surface area contributed by atoms with Crippen LogP contribution in [0.25, 0.3) is 0 Å². The summed E-state index contributed by atoms with van der Waals surface area (Å²) in [7, 11) is 0. The maximum atomic E-state index is 11.5. The lowest BCUT2D eigenvalue weighted by Crippen LogP contribution is -2.34. The maximum Gasteiger partial charge on any atom is 0.328 e. The quantitative estimate of drug-likeness (QED) is 0.853. The highest BCUT2D eigenvalue weighted by Gasteiger charge is 2.33. The molecule has 0 spiro atoms. The molecule has 0 amide bonds. The highest BCUT2D eigenvalue weighted by molar-refractivity contribution is 6.06. The SMILES string of the molecule is Cc1ccc(C2=NN(c3ccc(N)cc3)C(C(=O)O)C2)cc1. The summed E-state index contributed by atoms with van der Waals surface area (Å²) in [4.78, 5) is 11.5. The first-order valence-corrected chi connectivity index (χ1v) is 7.07. The molecule has 0 radical (unpaired) electrons. The van der Waals surface area contributed by atoms with Crippen molar-refractivity contribution < 1.29 is 9.90 Å². The predicted octanol–water partition coefficient (Wildman–Crippen LogP) is 2.64. The van der Waals surface area contributed by atoms with Crippen LogP contribution in [0.15, 0.2) is 53.6 Å². The largest absolute Gasteiger partial charge is 0.480 e. The van der Waals surface area contributed by atoms with Crippen LogP contribution in [-0.4, -0.2) is 22.8 Å². The Morgan fingerprint density at radius 1 is 1.18 bits per heavy atom. The number of nitrogen functional groups attached to an aromatic ring is 1. The van der Waals surface area contributed by atoms with E-state index in [2.05, 4.69) is 5.10 Å². The summed E-state index contributed by atoms with van der Waals surface area (Å²) >= 11 is 0. The van der Waals surface area contributed by atoms with Crippen LogP contribution in [0.1, 0.15) is 17.5 Å². The van der Waals surface area contributed by atoms with Gasteiger partial charge in [-0.2, -0.15) is 5.10 Å². The van der Waals surface area contributed by atoms with Crippen molar-refractivity contribution in [3.05, 3.63) is 59.7 Å². The Balaban J connectivity index is 1.96. The van der Waals surface area contributed by atoms with Crippen LogP contribution in [0, 0.1) is 6.92 Å². The average molecular weight is 295 g/mol. The Morgan fingerprint density at radius 2 is 1.82 bits per heavy atom. The van der Waals surface area contributed by atoms with Gasteiger partial charge in [0.1, 0.15) is 0 Å². The van der Waals surface area contributed by atoms with Gasteiger partial charge in [-0.3, -0.25) is 5.01 Å². The first kappa shape index (κ1) is 14.1. The van der Waals surface area contributed by atoms with E-state index in [0.717, 1.165) is 22.5 Å². The summed E-state index contributed by atoms with van der Waals surface area (Å²) in [6, 6.07) is 14.3. The van der Waals surface area contributed by atoms with Gasteiger partial charge in [0.25, 0.3) is 0 Å². The first-order chi connectivity index (χ1) is 10.5. The normalized spacial score (nSPS) is 17.4. The van der Waals surface area contributed by atoms with Gasteiger partial charge < -0.3 is 10.8 Å². The number of carbonyl (C=O) groups is 1. The van der Waals surface area contributed by atoms with Gasteiger partial charge in [0.15, 0.2) is 6.04 Å². The molecule has 0 aliphatic carbocycles. The van der Waals surface area contributed by atoms with Crippen molar-refractivity contribution in [3.63, 3.8) is 0 Å². The number of rotatable bonds is 3. The summed E-state index contributed by atoms with van der Waals surface area (Å²) in [5.74, 6) is -0.886. The number of carboxylic acids is 1. The van der Waals surface area contributed by atoms with Crippen molar-refractivity contribution >= 4 is 23.1 Å². The molecule has 0 saturated carbocycles. The second-order valence-corrected chi connectivity index (χ2v) is 5.41. The fourth-order valence-corrected chi connectivity index (χ4v) is 2.49. The number of aryl methyl sites for hydroxylation is 1. The molecule has 1 heterocycles. The molecule has 0 saturated heterocycles.